The maximum absolute atomic E-state index is 12.5. The lowest BCUT2D eigenvalue weighted by Crippen LogP contribution is -2.12. The van der Waals surface area contributed by atoms with Crippen LogP contribution in [0.4, 0.5) is 8.78 Å². The lowest BCUT2D eigenvalue weighted by atomic mass is 10.2. The molecule has 0 aliphatic carbocycles. The Morgan fingerprint density at radius 2 is 1.62 bits per heavy atom. The zero-order valence-electron chi connectivity index (χ0n) is 13.9. The van der Waals surface area contributed by atoms with Crippen molar-refractivity contribution in [2.24, 2.45) is 0 Å². The number of rotatable bonds is 7. The van der Waals surface area contributed by atoms with Crippen molar-refractivity contribution in [1.29, 1.82) is 0 Å². The molecule has 0 N–H and O–H groups in total. The Hall–Kier alpha value is -2.68. The number of methoxy groups -OCH3 is 2. The average Bonchev–Trinajstić information content (AvgIpc) is 2.65. The van der Waals surface area contributed by atoms with E-state index in [1.165, 1.54) is 14.2 Å². The van der Waals surface area contributed by atoms with Crippen molar-refractivity contribution in [2.75, 3.05) is 14.2 Å². The van der Waals surface area contributed by atoms with Gasteiger partial charge in [-0.05, 0) is 42.0 Å². The van der Waals surface area contributed by atoms with E-state index < -0.39 is 26.5 Å². The number of benzene rings is 2. The fourth-order valence-electron chi connectivity index (χ4n) is 2.09. The van der Waals surface area contributed by atoms with Gasteiger partial charge in [-0.3, -0.25) is 0 Å². The smallest absolute Gasteiger partial charge is 0.341 e. The van der Waals surface area contributed by atoms with Gasteiger partial charge in [0.25, 0.3) is 0 Å². The van der Waals surface area contributed by atoms with Crippen molar-refractivity contribution in [2.45, 2.75) is 17.3 Å². The molecule has 2 aromatic carbocycles. The quantitative estimate of drug-likeness (QED) is 0.681. The van der Waals surface area contributed by atoms with E-state index in [1.807, 2.05) is 0 Å². The standard InChI is InChI=1S/C17H16F2O6S/c1-23-14-8-3-11(9-15(14)24-2)10-25-16(20)12-4-6-13(7-5-12)26(21,22)17(18)19/h3-9,17H,10H2,1-2H3. The molecule has 2 aromatic rings. The molecule has 0 aliphatic heterocycles. The SMILES string of the molecule is COc1ccc(COC(=O)c2ccc(S(=O)(=O)C(F)F)cc2)cc1OC. The van der Waals surface area contributed by atoms with Crippen LogP contribution >= 0.6 is 0 Å². The van der Waals surface area contributed by atoms with Crippen molar-refractivity contribution < 1.29 is 36.2 Å². The molecule has 0 aromatic heterocycles. The molecule has 9 heteroatoms. The monoisotopic (exact) mass is 386 g/mol. The lowest BCUT2D eigenvalue weighted by Gasteiger charge is -2.10. The van der Waals surface area contributed by atoms with E-state index in [9.17, 15) is 22.0 Å². The maximum atomic E-state index is 12.5. The molecular formula is C17H16F2O6S. The molecule has 0 saturated heterocycles. The first-order valence-corrected chi connectivity index (χ1v) is 8.84. The minimum Gasteiger partial charge on any atom is -0.493 e. The second kappa shape index (κ2) is 8.13. The molecule has 0 heterocycles. The minimum atomic E-state index is -4.70. The minimum absolute atomic E-state index is 0.0405. The first-order valence-electron chi connectivity index (χ1n) is 7.29. The van der Waals surface area contributed by atoms with E-state index in [1.54, 1.807) is 18.2 Å². The number of hydrogen-bond donors (Lipinski definition) is 0. The summed E-state index contributed by atoms with van der Waals surface area (Å²) in [6.45, 7) is -0.0593. The zero-order chi connectivity index (χ0) is 19.3. The molecule has 2 rings (SSSR count). The van der Waals surface area contributed by atoms with Gasteiger partial charge in [-0.2, -0.15) is 8.78 Å². The highest BCUT2D eigenvalue weighted by molar-refractivity contribution is 7.91. The van der Waals surface area contributed by atoms with Crippen LogP contribution in [0.2, 0.25) is 0 Å². The molecular weight excluding hydrogens is 370 g/mol. The number of alkyl halides is 2. The third-order valence-corrected chi connectivity index (χ3v) is 4.87. The van der Waals surface area contributed by atoms with Gasteiger partial charge in [-0.15, -0.1) is 0 Å². The van der Waals surface area contributed by atoms with E-state index in [0.717, 1.165) is 24.3 Å². The normalized spacial score (nSPS) is 11.3. The molecule has 140 valence electrons. The van der Waals surface area contributed by atoms with Crippen LogP contribution in [-0.2, 0) is 21.2 Å². The molecule has 0 radical (unpaired) electrons. The Labute approximate surface area is 149 Å². The van der Waals surface area contributed by atoms with Crippen molar-refractivity contribution in [1.82, 2.24) is 0 Å². The van der Waals surface area contributed by atoms with Crippen LogP contribution in [0.5, 0.6) is 11.5 Å². The van der Waals surface area contributed by atoms with E-state index >= 15 is 0 Å². The lowest BCUT2D eigenvalue weighted by molar-refractivity contribution is 0.0472. The molecule has 26 heavy (non-hydrogen) atoms. The van der Waals surface area contributed by atoms with Crippen LogP contribution in [0.25, 0.3) is 0 Å². The number of ether oxygens (including phenoxy) is 3. The number of esters is 1. The van der Waals surface area contributed by atoms with E-state index in [0.29, 0.717) is 17.1 Å². The average molecular weight is 386 g/mol. The topological polar surface area (TPSA) is 78.9 Å². The van der Waals surface area contributed by atoms with Crippen LogP contribution in [0.15, 0.2) is 47.4 Å². The molecule has 0 saturated carbocycles. The summed E-state index contributed by atoms with van der Waals surface area (Å²) >= 11 is 0. The number of carbonyl (C=O) groups is 1. The third-order valence-electron chi connectivity index (χ3n) is 3.47. The van der Waals surface area contributed by atoms with E-state index in [4.69, 9.17) is 14.2 Å². The van der Waals surface area contributed by atoms with E-state index in [2.05, 4.69) is 0 Å². The fourth-order valence-corrected chi connectivity index (χ4v) is 2.81. The Bertz CT molecular complexity index is 879. The van der Waals surface area contributed by atoms with Crippen molar-refractivity contribution in [3.8, 4) is 11.5 Å². The highest BCUT2D eigenvalue weighted by atomic mass is 32.2. The molecule has 0 aliphatic rings. The first kappa shape index (κ1) is 19.6. The van der Waals surface area contributed by atoms with Crippen LogP contribution < -0.4 is 9.47 Å². The largest absolute Gasteiger partial charge is 0.493 e. The van der Waals surface area contributed by atoms with Crippen molar-refractivity contribution in [3.05, 3.63) is 53.6 Å². The molecule has 0 unspecified atom stereocenters. The number of sulfone groups is 1. The van der Waals surface area contributed by atoms with Gasteiger partial charge in [0, 0.05) is 0 Å². The second-order valence-electron chi connectivity index (χ2n) is 5.10. The molecule has 0 amide bonds. The van der Waals surface area contributed by atoms with Gasteiger partial charge in [-0.25, -0.2) is 13.2 Å². The van der Waals surface area contributed by atoms with Gasteiger partial charge >= 0.3 is 11.7 Å². The van der Waals surface area contributed by atoms with Crippen LogP contribution in [0, 0.1) is 0 Å². The summed E-state index contributed by atoms with van der Waals surface area (Å²) in [5, 5.41) is 0. The Balaban J connectivity index is 2.07. The molecule has 0 atom stereocenters. The summed E-state index contributed by atoms with van der Waals surface area (Å²) in [7, 11) is -1.73. The first-order chi connectivity index (χ1) is 12.3. The van der Waals surface area contributed by atoms with Gasteiger partial charge in [0.1, 0.15) is 6.61 Å². The van der Waals surface area contributed by atoms with Gasteiger partial charge < -0.3 is 14.2 Å². The summed E-state index contributed by atoms with van der Waals surface area (Å²) in [6.07, 6.45) is 0. The Kier molecular flexibility index (Phi) is 6.14. The molecule has 0 fully saturated rings. The second-order valence-corrected chi connectivity index (χ2v) is 7.01. The summed E-state index contributed by atoms with van der Waals surface area (Å²) in [5.74, 6) is -3.24. The third kappa shape index (κ3) is 4.29. The predicted octanol–water partition coefficient (Wildman–Crippen LogP) is 3.06. The summed E-state index contributed by atoms with van der Waals surface area (Å²) < 4.78 is 63.0. The van der Waals surface area contributed by atoms with Crippen molar-refractivity contribution in [3.63, 3.8) is 0 Å². The summed E-state index contributed by atoms with van der Waals surface area (Å²) in [5.41, 5.74) is 0.687. The molecule has 6 nitrogen and oxygen atoms in total. The number of hydrogen-bond acceptors (Lipinski definition) is 6. The highest BCUT2D eigenvalue weighted by Gasteiger charge is 2.26. The Morgan fingerprint density at radius 3 is 2.15 bits per heavy atom. The summed E-state index contributed by atoms with van der Waals surface area (Å²) in [4.78, 5) is 11.4. The van der Waals surface area contributed by atoms with Gasteiger partial charge in [0.05, 0.1) is 24.7 Å². The maximum Gasteiger partial charge on any atom is 0.341 e. The van der Waals surface area contributed by atoms with Crippen LogP contribution in [0.1, 0.15) is 15.9 Å². The van der Waals surface area contributed by atoms with Crippen LogP contribution in [-0.4, -0.2) is 34.4 Å². The summed E-state index contributed by atoms with van der Waals surface area (Å²) in [6, 6.07) is 9.10. The zero-order valence-corrected chi connectivity index (χ0v) is 14.8. The van der Waals surface area contributed by atoms with Gasteiger partial charge in [-0.1, -0.05) is 6.07 Å². The van der Waals surface area contributed by atoms with E-state index in [-0.39, 0.29) is 12.2 Å². The number of halogens is 2. The van der Waals surface area contributed by atoms with Crippen molar-refractivity contribution >= 4 is 15.8 Å². The highest BCUT2D eigenvalue weighted by Crippen LogP contribution is 2.28. The van der Waals surface area contributed by atoms with Gasteiger partial charge in [0.15, 0.2) is 11.5 Å². The fraction of sp³-hybridized carbons (Fsp3) is 0.235. The predicted molar refractivity (Wildman–Crippen MR) is 88.3 cm³/mol. The molecule has 0 spiro atoms. The Morgan fingerprint density at radius 1 is 1.00 bits per heavy atom. The number of carbonyl (C=O) groups excluding carboxylic acids is 1. The molecule has 0 bridgehead atoms. The van der Waals surface area contributed by atoms with Crippen LogP contribution in [0.3, 0.4) is 0 Å². The van der Waals surface area contributed by atoms with Gasteiger partial charge in [0.2, 0.25) is 9.84 Å².